The van der Waals surface area contributed by atoms with Crippen LogP contribution >= 0.6 is 11.6 Å². The Morgan fingerprint density at radius 3 is 3.06 bits per heavy atom. The second-order valence-corrected chi connectivity index (χ2v) is 4.02. The monoisotopic (exact) mass is 241 g/mol. The van der Waals surface area contributed by atoms with E-state index in [4.69, 9.17) is 22.1 Å². The molecule has 1 amide bonds. The van der Waals surface area contributed by atoms with Gasteiger partial charge in [-0.25, -0.2) is 4.98 Å². The molecule has 1 aliphatic rings. The molecule has 1 unspecified atom stereocenters. The molecule has 6 heteroatoms. The van der Waals surface area contributed by atoms with E-state index >= 15 is 0 Å². The molecule has 0 bridgehead atoms. The number of ether oxygens (including phenoxy) is 1. The van der Waals surface area contributed by atoms with E-state index in [-0.39, 0.29) is 22.9 Å². The van der Waals surface area contributed by atoms with Crippen LogP contribution in [0.25, 0.3) is 0 Å². The van der Waals surface area contributed by atoms with E-state index in [0.29, 0.717) is 18.8 Å². The highest BCUT2D eigenvalue weighted by atomic mass is 35.5. The third kappa shape index (κ3) is 2.62. The molecular formula is C10H12ClN3O2. The van der Waals surface area contributed by atoms with Crippen molar-refractivity contribution >= 4 is 23.3 Å². The van der Waals surface area contributed by atoms with Crippen LogP contribution in [0.4, 0.5) is 5.82 Å². The molecule has 2 rings (SSSR count). The van der Waals surface area contributed by atoms with E-state index < -0.39 is 0 Å². The third-order valence-corrected chi connectivity index (χ3v) is 2.53. The standard InChI is InChI=1S/C10H12ClN3O2/c11-8-3-6(4-9(12)14-8)10(15)13-7-1-2-16-5-7/h3-4,7H,1-2,5H2,(H2,12,14)(H,13,15). The van der Waals surface area contributed by atoms with E-state index in [2.05, 4.69) is 10.3 Å². The maximum atomic E-state index is 11.8. The summed E-state index contributed by atoms with van der Waals surface area (Å²) in [5.74, 6) is 0.0341. The Morgan fingerprint density at radius 1 is 1.62 bits per heavy atom. The lowest BCUT2D eigenvalue weighted by molar-refractivity contribution is 0.0930. The van der Waals surface area contributed by atoms with Gasteiger partial charge in [-0.05, 0) is 18.6 Å². The van der Waals surface area contributed by atoms with Gasteiger partial charge in [-0.15, -0.1) is 0 Å². The van der Waals surface area contributed by atoms with Crippen LogP contribution in [-0.2, 0) is 4.74 Å². The Hall–Kier alpha value is -1.33. The number of nitrogen functional groups attached to an aromatic ring is 1. The van der Waals surface area contributed by atoms with Crippen molar-refractivity contribution in [1.29, 1.82) is 0 Å². The van der Waals surface area contributed by atoms with E-state index in [0.717, 1.165) is 6.42 Å². The Labute approximate surface area is 97.9 Å². The Kier molecular flexibility index (Phi) is 3.26. The maximum Gasteiger partial charge on any atom is 0.251 e. The van der Waals surface area contributed by atoms with Gasteiger partial charge in [-0.3, -0.25) is 4.79 Å². The first kappa shape index (κ1) is 11.2. The number of nitrogens with zero attached hydrogens (tertiary/aromatic N) is 1. The van der Waals surface area contributed by atoms with E-state index in [1.54, 1.807) is 0 Å². The molecule has 1 aromatic heterocycles. The summed E-state index contributed by atoms with van der Waals surface area (Å²) in [4.78, 5) is 15.6. The van der Waals surface area contributed by atoms with Crippen LogP contribution in [0.5, 0.6) is 0 Å². The number of amides is 1. The molecule has 0 aliphatic carbocycles. The molecule has 0 aromatic carbocycles. The van der Waals surface area contributed by atoms with Crippen molar-refractivity contribution in [3.05, 3.63) is 22.8 Å². The van der Waals surface area contributed by atoms with Gasteiger partial charge in [0.2, 0.25) is 0 Å². The van der Waals surface area contributed by atoms with Gasteiger partial charge >= 0.3 is 0 Å². The number of carbonyl (C=O) groups excluding carboxylic acids is 1. The Bertz CT molecular complexity index is 385. The predicted molar refractivity (Wildman–Crippen MR) is 60.3 cm³/mol. The Balaban J connectivity index is 2.07. The number of hydrogen-bond acceptors (Lipinski definition) is 4. The number of hydrogen-bond donors (Lipinski definition) is 2. The summed E-state index contributed by atoms with van der Waals surface area (Å²) in [6.07, 6.45) is 0.833. The predicted octanol–water partition coefficient (Wildman–Crippen LogP) is 0.836. The second kappa shape index (κ2) is 4.67. The van der Waals surface area contributed by atoms with Crippen molar-refractivity contribution in [3.8, 4) is 0 Å². The molecule has 86 valence electrons. The summed E-state index contributed by atoms with van der Waals surface area (Å²) < 4.78 is 5.16. The smallest absolute Gasteiger partial charge is 0.251 e. The first-order valence-electron chi connectivity index (χ1n) is 4.97. The minimum absolute atomic E-state index is 0.0701. The molecule has 1 fully saturated rings. The molecule has 3 N–H and O–H groups in total. The normalized spacial score (nSPS) is 19.7. The number of carbonyl (C=O) groups is 1. The number of rotatable bonds is 2. The van der Waals surface area contributed by atoms with Crippen molar-refractivity contribution in [2.75, 3.05) is 18.9 Å². The van der Waals surface area contributed by atoms with Gasteiger partial charge in [0.05, 0.1) is 12.6 Å². The quantitative estimate of drug-likeness (QED) is 0.752. The summed E-state index contributed by atoms with van der Waals surface area (Å²) in [7, 11) is 0. The van der Waals surface area contributed by atoms with Crippen LogP contribution in [0.2, 0.25) is 5.15 Å². The number of nitrogens with two attached hydrogens (primary N) is 1. The number of halogens is 1. The highest BCUT2D eigenvalue weighted by molar-refractivity contribution is 6.29. The van der Waals surface area contributed by atoms with Crippen LogP contribution in [0.15, 0.2) is 12.1 Å². The lowest BCUT2D eigenvalue weighted by Gasteiger charge is -2.10. The highest BCUT2D eigenvalue weighted by Gasteiger charge is 2.18. The third-order valence-electron chi connectivity index (χ3n) is 2.34. The molecule has 1 aromatic rings. The van der Waals surface area contributed by atoms with Crippen molar-refractivity contribution in [2.24, 2.45) is 0 Å². The summed E-state index contributed by atoms with van der Waals surface area (Å²) in [5, 5.41) is 3.06. The summed E-state index contributed by atoms with van der Waals surface area (Å²) in [6.45, 7) is 1.24. The Morgan fingerprint density at radius 2 is 2.44 bits per heavy atom. The van der Waals surface area contributed by atoms with Gasteiger partial charge in [-0.1, -0.05) is 11.6 Å². The largest absolute Gasteiger partial charge is 0.384 e. The topological polar surface area (TPSA) is 77.2 Å². The summed E-state index contributed by atoms with van der Waals surface area (Å²) in [5.41, 5.74) is 5.93. The van der Waals surface area contributed by atoms with Crippen molar-refractivity contribution in [1.82, 2.24) is 10.3 Å². The van der Waals surface area contributed by atoms with Crippen LogP contribution < -0.4 is 11.1 Å². The van der Waals surface area contributed by atoms with Crippen LogP contribution in [0, 0.1) is 0 Å². The van der Waals surface area contributed by atoms with E-state index in [1.807, 2.05) is 0 Å². The average Bonchev–Trinajstić information content (AvgIpc) is 2.68. The van der Waals surface area contributed by atoms with Gasteiger partial charge in [0.1, 0.15) is 11.0 Å². The van der Waals surface area contributed by atoms with Gasteiger partial charge in [0, 0.05) is 12.2 Å². The lowest BCUT2D eigenvalue weighted by atomic mass is 10.2. The van der Waals surface area contributed by atoms with Gasteiger partial charge < -0.3 is 15.8 Å². The number of anilines is 1. The van der Waals surface area contributed by atoms with Gasteiger partial charge in [0.15, 0.2) is 0 Å². The van der Waals surface area contributed by atoms with Crippen LogP contribution in [-0.4, -0.2) is 30.1 Å². The number of aromatic nitrogens is 1. The summed E-state index contributed by atoms with van der Waals surface area (Å²) >= 11 is 5.72. The number of nitrogens with one attached hydrogen (secondary N) is 1. The minimum atomic E-state index is -0.202. The molecule has 5 nitrogen and oxygen atoms in total. The molecule has 1 saturated heterocycles. The molecule has 1 atom stereocenters. The zero-order valence-electron chi connectivity index (χ0n) is 8.57. The van der Waals surface area contributed by atoms with E-state index in [1.165, 1.54) is 12.1 Å². The molecule has 0 spiro atoms. The van der Waals surface area contributed by atoms with E-state index in [9.17, 15) is 4.79 Å². The summed E-state index contributed by atoms with van der Waals surface area (Å²) in [6, 6.07) is 3.06. The fourth-order valence-electron chi connectivity index (χ4n) is 1.57. The zero-order chi connectivity index (χ0) is 11.5. The van der Waals surface area contributed by atoms with Crippen LogP contribution in [0.1, 0.15) is 16.8 Å². The second-order valence-electron chi connectivity index (χ2n) is 3.64. The zero-order valence-corrected chi connectivity index (χ0v) is 9.33. The van der Waals surface area contributed by atoms with Crippen molar-refractivity contribution < 1.29 is 9.53 Å². The minimum Gasteiger partial charge on any atom is -0.384 e. The molecule has 2 heterocycles. The highest BCUT2D eigenvalue weighted by Crippen LogP contribution is 2.13. The first-order chi connectivity index (χ1) is 7.65. The first-order valence-corrected chi connectivity index (χ1v) is 5.34. The molecule has 16 heavy (non-hydrogen) atoms. The van der Waals surface area contributed by atoms with Crippen molar-refractivity contribution in [2.45, 2.75) is 12.5 Å². The fraction of sp³-hybridized carbons (Fsp3) is 0.400. The molecular weight excluding hydrogens is 230 g/mol. The fourth-order valence-corrected chi connectivity index (χ4v) is 1.78. The number of pyridine rings is 1. The molecule has 0 radical (unpaired) electrons. The van der Waals surface area contributed by atoms with Gasteiger partial charge in [0.25, 0.3) is 5.91 Å². The van der Waals surface area contributed by atoms with Crippen LogP contribution in [0.3, 0.4) is 0 Å². The SMILES string of the molecule is Nc1cc(C(=O)NC2CCOC2)cc(Cl)n1. The molecule has 1 aliphatic heterocycles. The molecule has 0 saturated carbocycles. The lowest BCUT2D eigenvalue weighted by Crippen LogP contribution is -2.35. The average molecular weight is 242 g/mol. The van der Waals surface area contributed by atoms with Crippen molar-refractivity contribution in [3.63, 3.8) is 0 Å². The van der Waals surface area contributed by atoms with Gasteiger partial charge in [-0.2, -0.15) is 0 Å². The maximum absolute atomic E-state index is 11.8.